The number of fused-ring (bicyclic) bond motifs is 3. The van der Waals surface area contributed by atoms with Crippen LogP contribution in [0.3, 0.4) is 0 Å². The van der Waals surface area contributed by atoms with Crippen molar-refractivity contribution in [2.24, 2.45) is 17.3 Å². The summed E-state index contributed by atoms with van der Waals surface area (Å²) in [4.78, 5) is 22.7. The number of amides is 1. The van der Waals surface area contributed by atoms with E-state index in [2.05, 4.69) is 28.2 Å². The number of H-pyrrole nitrogens is 2. The van der Waals surface area contributed by atoms with Crippen LogP contribution in [-0.4, -0.2) is 46.3 Å². The van der Waals surface area contributed by atoms with E-state index >= 15 is 0 Å². The standard InChI is InChI=1S/C25H28N6O2/c1-25-11-16(25)9-17-20(12-25)29-30-23(17)24-27-18-8-15(13-26)21(10-19(18)28-24)31(2)22(32)7-14-3-5-33-6-4-14/h8,10,14,16H,3-7,9,11-12H2,1-2H3,(H,27,28)(H,29,30)/t16-,25-/m1/s1. The number of ether oxygens (including phenoxy) is 1. The molecule has 1 saturated heterocycles. The number of carbonyl (C=O) groups is 1. The fourth-order valence-corrected chi connectivity index (χ4v) is 5.65. The summed E-state index contributed by atoms with van der Waals surface area (Å²) in [5.41, 5.74) is 6.35. The normalized spacial score (nSPS) is 24.2. The first-order valence-corrected chi connectivity index (χ1v) is 11.8. The first-order valence-electron chi connectivity index (χ1n) is 11.8. The van der Waals surface area contributed by atoms with Gasteiger partial charge in [0.25, 0.3) is 0 Å². The summed E-state index contributed by atoms with van der Waals surface area (Å²) in [5, 5.41) is 17.6. The number of benzene rings is 1. The van der Waals surface area contributed by atoms with Crippen molar-refractivity contribution in [3.05, 3.63) is 29.0 Å². The molecule has 33 heavy (non-hydrogen) atoms. The zero-order valence-electron chi connectivity index (χ0n) is 19.1. The molecule has 170 valence electrons. The molecule has 3 heterocycles. The van der Waals surface area contributed by atoms with Gasteiger partial charge in [-0.25, -0.2) is 4.98 Å². The fraction of sp³-hybridized carbons (Fsp3) is 0.520. The SMILES string of the molecule is CN(C(=O)CC1CCOCC1)c1cc2nc(-c3n[nH]c4c3C[C@@H]3C[C@]3(C)C4)[nH]c2cc1C#N. The highest BCUT2D eigenvalue weighted by atomic mass is 16.5. The minimum atomic E-state index is 0.0161. The quantitative estimate of drug-likeness (QED) is 0.637. The Labute approximate surface area is 192 Å². The number of nitrogens with zero attached hydrogens (tertiary/aromatic N) is 4. The van der Waals surface area contributed by atoms with E-state index in [-0.39, 0.29) is 5.91 Å². The van der Waals surface area contributed by atoms with Gasteiger partial charge in [-0.05, 0) is 61.5 Å². The Hall–Kier alpha value is -3.18. The van der Waals surface area contributed by atoms with Crippen molar-refractivity contribution in [1.82, 2.24) is 20.2 Å². The molecule has 1 saturated carbocycles. The third-order valence-corrected chi connectivity index (χ3v) is 8.01. The topological polar surface area (TPSA) is 111 Å². The van der Waals surface area contributed by atoms with E-state index in [1.807, 2.05) is 6.07 Å². The molecule has 3 aromatic rings. The van der Waals surface area contributed by atoms with Crippen molar-refractivity contribution < 1.29 is 9.53 Å². The van der Waals surface area contributed by atoms with Crippen LogP contribution < -0.4 is 4.90 Å². The van der Waals surface area contributed by atoms with Crippen LogP contribution in [0.25, 0.3) is 22.6 Å². The molecule has 0 unspecified atom stereocenters. The maximum Gasteiger partial charge on any atom is 0.227 e. The second-order valence-electron chi connectivity index (χ2n) is 10.3. The Balaban J connectivity index is 1.31. The van der Waals surface area contributed by atoms with Crippen LogP contribution in [0, 0.1) is 28.6 Å². The van der Waals surface area contributed by atoms with E-state index in [0.29, 0.717) is 48.0 Å². The Morgan fingerprint density at radius 3 is 2.97 bits per heavy atom. The van der Waals surface area contributed by atoms with Gasteiger partial charge >= 0.3 is 0 Å². The number of aromatic amines is 2. The molecule has 1 amide bonds. The largest absolute Gasteiger partial charge is 0.381 e. The van der Waals surface area contributed by atoms with Gasteiger partial charge in [-0.1, -0.05) is 6.92 Å². The summed E-state index contributed by atoms with van der Waals surface area (Å²) < 4.78 is 5.40. The zero-order valence-corrected chi connectivity index (χ0v) is 19.1. The van der Waals surface area contributed by atoms with Gasteiger partial charge in [0.1, 0.15) is 11.8 Å². The Kier molecular flexibility index (Phi) is 4.59. The molecule has 3 aliphatic rings. The van der Waals surface area contributed by atoms with Crippen LogP contribution in [0.2, 0.25) is 0 Å². The molecule has 0 spiro atoms. The van der Waals surface area contributed by atoms with Gasteiger partial charge in [-0.15, -0.1) is 0 Å². The summed E-state index contributed by atoms with van der Waals surface area (Å²) in [6.07, 6.45) is 5.63. The van der Waals surface area contributed by atoms with Gasteiger partial charge in [0.05, 0.1) is 22.3 Å². The molecule has 8 heteroatoms. The minimum absolute atomic E-state index is 0.0161. The van der Waals surface area contributed by atoms with Crippen LogP contribution in [0.4, 0.5) is 5.69 Å². The smallest absolute Gasteiger partial charge is 0.227 e. The predicted molar refractivity (Wildman–Crippen MR) is 124 cm³/mol. The van der Waals surface area contributed by atoms with Crippen LogP contribution in [-0.2, 0) is 22.4 Å². The molecule has 6 rings (SSSR count). The lowest BCUT2D eigenvalue weighted by atomic mass is 9.88. The average molecular weight is 445 g/mol. The summed E-state index contributed by atoms with van der Waals surface area (Å²) >= 11 is 0. The maximum absolute atomic E-state index is 13.0. The molecule has 8 nitrogen and oxygen atoms in total. The first-order chi connectivity index (χ1) is 15.9. The first kappa shape index (κ1) is 20.4. The number of rotatable bonds is 4. The summed E-state index contributed by atoms with van der Waals surface area (Å²) in [6.45, 7) is 3.78. The third-order valence-electron chi connectivity index (χ3n) is 8.01. The third kappa shape index (κ3) is 3.42. The van der Waals surface area contributed by atoms with Gasteiger partial charge in [0.15, 0.2) is 5.82 Å². The zero-order chi connectivity index (χ0) is 22.7. The molecule has 2 fully saturated rings. The molecule has 2 aliphatic carbocycles. The molecule has 2 atom stereocenters. The van der Waals surface area contributed by atoms with E-state index in [0.717, 1.165) is 48.3 Å². The summed E-state index contributed by atoms with van der Waals surface area (Å²) in [6, 6.07) is 5.88. The molecular weight excluding hydrogens is 416 g/mol. The van der Waals surface area contributed by atoms with Gasteiger partial charge in [-0.2, -0.15) is 10.4 Å². The monoisotopic (exact) mass is 444 g/mol. The maximum atomic E-state index is 13.0. The number of hydrogen-bond donors (Lipinski definition) is 2. The van der Waals surface area contributed by atoms with Crippen molar-refractivity contribution >= 4 is 22.6 Å². The van der Waals surface area contributed by atoms with E-state index in [1.54, 1.807) is 18.0 Å². The molecule has 0 radical (unpaired) electrons. The van der Waals surface area contributed by atoms with Crippen LogP contribution in [0.15, 0.2) is 12.1 Å². The highest BCUT2D eigenvalue weighted by Crippen LogP contribution is 2.59. The van der Waals surface area contributed by atoms with E-state index in [1.165, 1.54) is 17.7 Å². The number of anilines is 1. The van der Waals surface area contributed by atoms with Crippen LogP contribution >= 0.6 is 0 Å². The van der Waals surface area contributed by atoms with Gasteiger partial charge in [0.2, 0.25) is 5.91 Å². The number of hydrogen-bond acceptors (Lipinski definition) is 5. The molecular formula is C25H28N6O2. The number of imidazole rings is 1. The van der Waals surface area contributed by atoms with Crippen molar-refractivity contribution in [3.63, 3.8) is 0 Å². The lowest BCUT2D eigenvalue weighted by Crippen LogP contribution is -2.30. The summed E-state index contributed by atoms with van der Waals surface area (Å²) in [5.74, 6) is 1.79. The molecule has 1 aliphatic heterocycles. The lowest BCUT2D eigenvalue weighted by molar-refractivity contribution is -0.119. The highest BCUT2D eigenvalue weighted by molar-refractivity contribution is 5.97. The molecule has 1 aromatic carbocycles. The molecule has 2 aromatic heterocycles. The van der Waals surface area contributed by atoms with Crippen molar-refractivity contribution in [2.45, 2.75) is 45.4 Å². The Morgan fingerprint density at radius 2 is 2.18 bits per heavy atom. The van der Waals surface area contributed by atoms with Crippen molar-refractivity contribution in [2.75, 3.05) is 25.2 Å². The molecule has 2 N–H and O–H groups in total. The van der Waals surface area contributed by atoms with E-state index < -0.39 is 0 Å². The second-order valence-corrected chi connectivity index (χ2v) is 10.3. The number of carbonyl (C=O) groups excluding carboxylic acids is 1. The number of nitrogens with one attached hydrogen (secondary N) is 2. The minimum Gasteiger partial charge on any atom is -0.381 e. The average Bonchev–Trinajstić information content (AvgIpc) is 3.11. The Morgan fingerprint density at radius 1 is 1.36 bits per heavy atom. The van der Waals surface area contributed by atoms with Crippen molar-refractivity contribution in [3.8, 4) is 17.6 Å². The lowest BCUT2D eigenvalue weighted by Gasteiger charge is -2.25. The van der Waals surface area contributed by atoms with Crippen LogP contribution in [0.1, 0.15) is 49.4 Å². The Bertz CT molecular complexity index is 1290. The van der Waals surface area contributed by atoms with Crippen molar-refractivity contribution in [1.29, 1.82) is 5.26 Å². The highest BCUT2D eigenvalue weighted by Gasteiger charge is 2.53. The van der Waals surface area contributed by atoms with Gasteiger partial charge in [0, 0.05) is 37.9 Å². The fourth-order valence-electron chi connectivity index (χ4n) is 5.65. The molecule has 0 bridgehead atoms. The summed E-state index contributed by atoms with van der Waals surface area (Å²) in [7, 11) is 1.74. The second kappa shape index (κ2) is 7.42. The van der Waals surface area contributed by atoms with Crippen LogP contribution in [0.5, 0.6) is 0 Å². The number of aromatic nitrogens is 4. The predicted octanol–water partition coefficient (Wildman–Crippen LogP) is 3.73. The van der Waals surface area contributed by atoms with Gasteiger partial charge in [-0.3, -0.25) is 9.89 Å². The van der Waals surface area contributed by atoms with Gasteiger partial charge < -0.3 is 14.6 Å². The number of nitriles is 1. The van der Waals surface area contributed by atoms with E-state index in [4.69, 9.17) is 9.72 Å². The van der Waals surface area contributed by atoms with E-state index in [9.17, 15) is 10.1 Å².